The van der Waals surface area contributed by atoms with E-state index in [-0.39, 0.29) is 5.41 Å². The summed E-state index contributed by atoms with van der Waals surface area (Å²) in [6.45, 7) is 4.58. The topological polar surface area (TPSA) is 25.4 Å². The van der Waals surface area contributed by atoms with Gasteiger partial charge in [0.25, 0.3) is 0 Å². The summed E-state index contributed by atoms with van der Waals surface area (Å²) in [6, 6.07) is 21.3. The van der Waals surface area contributed by atoms with Crippen LogP contribution >= 0.6 is 0 Å². The Morgan fingerprint density at radius 2 is 1.72 bits per heavy atom. The molecule has 3 heterocycles. The molecule has 1 aromatic heterocycles. The van der Waals surface area contributed by atoms with Crippen molar-refractivity contribution >= 4 is 33.4 Å². The van der Waals surface area contributed by atoms with Gasteiger partial charge in [0.2, 0.25) is 5.72 Å². The van der Waals surface area contributed by atoms with Crippen LogP contribution in [-0.2, 0) is 5.41 Å². The van der Waals surface area contributed by atoms with E-state index in [0.29, 0.717) is 0 Å². The van der Waals surface area contributed by atoms with E-state index < -0.39 is 5.72 Å². The van der Waals surface area contributed by atoms with E-state index in [1.807, 2.05) is 18.3 Å². The van der Waals surface area contributed by atoms with Crippen LogP contribution in [0.2, 0.25) is 0 Å². The monoisotopic (exact) mass is 378 g/mol. The van der Waals surface area contributed by atoms with Gasteiger partial charge in [-0.2, -0.15) is 0 Å². The minimum atomic E-state index is -0.581. The maximum atomic E-state index is 6.86. The molecule has 3 heteroatoms. The van der Waals surface area contributed by atoms with E-state index in [9.17, 15) is 0 Å². The van der Waals surface area contributed by atoms with E-state index in [1.54, 1.807) is 0 Å². The smallest absolute Gasteiger partial charge is 0.211 e. The number of nitrogens with zero attached hydrogens (tertiary/aromatic N) is 2. The van der Waals surface area contributed by atoms with Crippen LogP contribution in [0.3, 0.4) is 0 Å². The third-order valence-electron chi connectivity index (χ3n) is 6.82. The minimum absolute atomic E-state index is 0.240. The van der Waals surface area contributed by atoms with E-state index in [2.05, 4.69) is 91.5 Å². The van der Waals surface area contributed by atoms with E-state index in [0.717, 1.165) is 22.2 Å². The molecule has 3 nitrogen and oxygen atoms in total. The standard InChI is InChI=1S/C26H22N2O/c1-25(2)24-18-8-5-4-7-17(18)10-12-22(24)28(3)26(25)15-14-20-19-9-6-16-27-21(19)11-13-23(20)29-26/h4-16H,1-3H3. The molecule has 1 atom stereocenters. The van der Waals surface area contributed by atoms with Crippen molar-refractivity contribution in [2.24, 2.45) is 0 Å². The van der Waals surface area contributed by atoms with Crippen LogP contribution < -0.4 is 9.64 Å². The number of anilines is 1. The average molecular weight is 378 g/mol. The first kappa shape index (κ1) is 16.6. The molecule has 0 saturated carbocycles. The molecule has 0 saturated heterocycles. The molecule has 0 N–H and O–H groups in total. The zero-order chi connectivity index (χ0) is 19.8. The maximum Gasteiger partial charge on any atom is 0.211 e. The molecule has 2 aliphatic rings. The highest BCUT2D eigenvalue weighted by atomic mass is 16.5. The fraction of sp³-hybridized carbons (Fsp3) is 0.192. The SMILES string of the molecule is CN1c2ccc3ccccc3c2C(C)(C)C12C=Cc1c(ccc3ncccc13)O2. The molecule has 142 valence electrons. The first-order valence-electron chi connectivity index (χ1n) is 10.0. The Balaban J connectivity index is 1.59. The third-order valence-corrected chi connectivity index (χ3v) is 6.82. The lowest BCUT2D eigenvalue weighted by Gasteiger charge is -2.46. The Morgan fingerprint density at radius 3 is 2.62 bits per heavy atom. The quantitative estimate of drug-likeness (QED) is 0.380. The van der Waals surface area contributed by atoms with E-state index in [1.165, 1.54) is 22.0 Å². The summed E-state index contributed by atoms with van der Waals surface area (Å²) in [6.07, 6.45) is 6.28. The van der Waals surface area contributed by atoms with Gasteiger partial charge in [-0.3, -0.25) is 4.98 Å². The molecule has 1 spiro atoms. The minimum Gasteiger partial charge on any atom is -0.463 e. The van der Waals surface area contributed by atoms with Crippen molar-refractivity contribution in [2.45, 2.75) is 25.0 Å². The number of rotatable bonds is 0. The van der Waals surface area contributed by atoms with Crippen molar-refractivity contribution in [1.29, 1.82) is 0 Å². The summed E-state index contributed by atoms with van der Waals surface area (Å²) < 4.78 is 6.86. The fourth-order valence-electron chi connectivity index (χ4n) is 5.30. The molecule has 4 aromatic rings. The van der Waals surface area contributed by atoms with Gasteiger partial charge in [-0.25, -0.2) is 0 Å². The molecule has 1 unspecified atom stereocenters. The van der Waals surface area contributed by atoms with Crippen LogP contribution in [0.1, 0.15) is 25.0 Å². The highest BCUT2D eigenvalue weighted by Gasteiger charge is 2.58. The lowest BCUT2D eigenvalue weighted by Crippen LogP contribution is -2.58. The highest BCUT2D eigenvalue weighted by Crippen LogP contribution is 2.56. The Morgan fingerprint density at radius 1 is 0.897 bits per heavy atom. The average Bonchev–Trinajstić information content (AvgIpc) is 2.92. The largest absolute Gasteiger partial charge is 0.463 e. The molecule has 0 amide bonds. The first-order valence-corrected chi connectivity index (χ1v) is 10.0. The summed E-state index contributed by atoms with van der Waals surface area (Å²) in [7, 11) is 2.14. The number of aromatic nitrogens is 1. The Hall–Kier alpha value is -3.33. The van der Waals surface area contributed by atoms with Gasteiger partial charge in [0, 0.05) is 29.9 Å². The predicted octanol–water partition coefficient (Wildman–Crippen LogP) is 5.92. The van der Waals surface area contributed by atoms with Gasteiger partial charge in [-0.05, 0) is 66.6 Å². The molecule has 2 aliphatic heterocycles. The predicted molar refractivity (Wildman–Crippen MR) is 120 cm³/mol. The second kappa shape index (κ2) is 5.38. The van der Waals surface area contributed by atoms with Crippen LogP contribution in [0.25, 0.3) is 27.8 Å². The highest BCUT2D eigenvalue weighted by molar-refractivity contribution is 5.95. The summed E-state index contributed by atoms with van der Waals surface area (Å²) in [5.74, 6) is 0.907. The van der Waals surface area contributed by atoms with E-state index >= 15 is 0 Å². The van der Waals surface area contributed by atoms with Crippen molar-refractivity contribution in [1.82, 2.24) is 4.98 Å². The van der Waals surface area contributed by atoms with Gasteiger partial charge >= 0.3 is 0 Å². The van der Waals surface area contributed by atoms with Crippen molar-refractivity contribution < 1.29 is 4.74 Å². The summed E-state index contributed by atoms with van der Waals surface area (Å²) in [5, 5.41) is 3.68. The second-order valence-corrected chi connectivity index (χ2v) is 8.54. The molecule has 0 aliphatic carbocycles. The molecular formula is C26H22N2O. The van der Waals surface area contributed by atoms with Crippen molar-refractivity contribution in [2.75, 3.05) is 11.9 Å². The van der Waals surface area contributed by atoms with Crippen molar-refractivity contribution in [3.8, 4) is 5.75 Å². The van der Waals surface area contributed by atoms with Gasteiger partial charge in [0.05, 0.1) is 10.9 Å². The molecule has 0 fully saturated rings. The maximum absolute atomic E-state index is 6.86. The zero-order valence-corrected chi connectivity index (χ0v) is 16.8. The second-order valence-electron chi connectivity index (χ2n) is 8.54. The van der Waals surface area contributed by atoms with Gasteiger partial charge in [-0.1, -0.05) is 36.4 Å². The first-order chi connectivity index (χ1) is 14.0. The van der Waals surface area contributed by atoms with E-state index in [4.69, 9.17) is 4.74 Å². The summed E-state index contributed by atoms with van der Waals surface area (Å²) in [5.41, 5.74) is 3.84. The molecule has 0 radical (unpaired) electrons. The summed E-state index contributed by atoms with van der Waals surface area (Å²) in [4.78, 5) is 6.78. The Kier molecular flexibility index (Phi) is 3.08. The Labute approximate surface area is 170 Å². The molecule has 29 heavy (non-hydrogen) atoms. The normalized spacial score (nSPS) is 21.4. The van der Waals surface area contributed by atoms with Crippen LogP contribution in [-0.4, -0.2) is 17.8 Å². The lowest BCUT2D eigenvalue weighted by atomic mass is 9.74. The molecule has 0 bridgehead atoms. The zero-order valence-electron chi connectivity index (χ0n) is 16.8. The number of ether oxygens (including phenoxy) is 1. The van der Waals surface area contributed by atoms with Crippen LogP contribution in [0.15, 0.2) is 72.9 Å². The third kappa shape index (κ3) is 1.95. The number of likely N-dealkylation sites (N-methyl/N-ethyl adjacent to an activating group) is 1. The van der Waals surface area contributed by atoms with Crippen molar-refractivity contribution in [3.63, 3.8) is 0 Å². The fourth-order valence-corrected chi connectivity index (χ4v) is 5.30. The molecule has 3 aromatic carbocycles. The number of hydrogen-bond acceptors (Lipinski definition) is 3. The Bertz CT molecular complexity index is 1340. The van der Waals surface area contributed by atoms with Gasteiger partial charge in [-0.15, -0.1) is 0 Å². The number of benzene rings is 3. The van der Waals surface area contributed by atoms with Crippen LogP contribution in [0, 0.1) is 0 Å². The van der Waals surface area contributed by atoms with Crippen LogP contribution in [0.5, 0.6) is 5.75 Å². The number of pyridine rings is 1. The number of hydrogen-bond donors (Lipinski definition) is 0. The molecular weight excluding hydrogens is 356 g/mol. The van der Waals surface area contributed by atoms with Gasteiger partial charge in [0.1, 0.15) is 5.75 Å². The van der Waals surface area contributed by atoms with Gasteiger partial charge < -0.3 is 9.64 Å². The van der Waals surface area contributed by atoms with Gasteiger partial charge in [0.15, 0.2) is 0 Å². The van der Waals surface area contributed by atoms with Crippen LogP contribution in [0.4, 0.5) is 5.69 Å². The lowest BCUT2D eigenvalue weighted by molar-refractivity contribution is 0.0588. The van der Waals surface area contributed by atoms with Crippen molar-refractivity contribution in [3.05, 3.63) is 84.1 Å². The summed E-state index contributed by atoms with van der Waals surface area (Å²) >= 11 is 0. The number of fused-ring (bicyclic) bond motifs is 6. The molecule has 6 rings (SSSR count).